The van der Waals surface area contributed by atoms with Crippen LogP contribution in [-0.4, -0.2) is 14.1 Å². The lowest BCUT2D eigenvalue weighted by molar-refractivity contribution is 0.941. The van der Waals surface area contributed by atoms with Gasteiger partial charge in [-0.05, 0) is 36.4 Å². The molecule has 3 rings (SSSR count). The molecule has 0 radical (unpaired) electrons. The maximum absolute atomic E-state index is 9.13. The summed E-state index contributed by atoms with van der Waals surface area (Å²) in [5, 5.41) is 9.13. The molecule has 3 aromatic heterocycles. The molecular weight excluding hydrogens is 224 g/mol. The number of rotatable bonds is 2. The van der Waals surface area contributed by atoms with Gasteiger partial charge in [-0.2, -0.15) is 5.26 Å². The Morgan fingerprint density at radius 1 is 0.889 bits per heavy atom. The summed E-state index contributed by atoms with van der Waals surface area (Å²) in [5.74, 6) is 1.44. The van der Waals surface area contributed by atoms with E-state index in [2.05, 4.69) is 11.1 Å². The molecule has 0 fully saturated rings. The predicted molar refractivity (Wildman–Crippen MR) is 67.6 cm³/mol. The zero-order chi connectivity index (χ0) is 12.4. The second-order valence-electron chi connectivity index (χ2n) is 3.83. The van der Waals surface area contributed by atoms with E-state index < -0.39 is 0 Å². The Hall–Kier alpha value is -2.80. The van der Waals surface area contributed by atoms with Crippen molar-refractivity contribution in [2.45, 2.75) is 0 Å². The summed E-state index contributed by atoms with van der Waals surface area (Å²) in [4.78, 5) is 4.53. The second kappa shape index (κ2) is 4.22. The minimum atomic E-state index is 0.558. The molecule has 0 saturated carbocycles. The average Bonchev–Trinajstić information content (AvgIpc) is 3.11. The molecule has 0 unspecified atom stereocenters. The summed E-state index contributed by atoms with van der Waals surface area (Å²) in [6.45, 7) is 0. The first kappa shape index (κ1) is 10.4. The van der Waals surface area contributed by atoms with Crippen LogP contribution in [0, 0.1) is 11.3 Å². The van der Waals surface area contributed by atoms with Crippen molar-refractivity contribution < 1.29 is 0 Å². The molecular formula is C14H10N4. The molecule has 0 aliphatic rings. The van der Waals surface area contributed by atoms with Crippen molar-refractivity contribution in [1.82, 2.24) is 14.1 Å². The quantitative estimate of drug-likeness (QED) is 0.684. The zero-order valence-corrected chi connectivity index (χ0v) is 9.56. The molecule has 0 spiro atoms. The Kier molecular flexibility index (Phi) is 2.43. The van der Waals surface area contributed by atoms with Crippen molar-refractivity contribution >= 4 is 0 Å². The minimum absolute atomic E-state index is 0.558. The summed E-state index contributed by atoms with van der Waals surface area (Å²) in [5.41, 5.74) is 0.558. The largest absolute Gasteiger partial charge is 0.309 e. The summed E-state index contributed by atoms with van der Waals surface area (Å²) in [7, 11) is 0. The average molecular weight is 234 g/mol. The maximum Gasteiger partial charge on any atom is 0.157 e. The summed E-state index contributed by atoms with van der Waals surface area (Å²) < 4.78 is 3.75. The molecule has 0 bridgehead atoms. The molecule has 3 heterocycles. The fourth-order valence-electron chi connectivity index (χ4n) is 1.83. The van der Waals surface area contributed by atoms with Crippen LogP contribution in [0.2, 0.25) is 0 Å². The van der Waals surface area contributed by atoms with Crippen LogP contribution in [0.4, 0.5) is 0 Å². The van der Waals surface area contributed by atoms with Crippen LogP contribution in [0.15, 0.2) is 61.2 Å². The summed E-state index contributed by atoms with van der Waals surface area (Å²) >= 11 is 0. The first-order chi connectivity index (χ1) is 8.88. The second-order valence-corrected chi connectivity index (χ2v) is 3.83. The standard InChI is InChI=1S/C14H10N4/c15-11-12-5-6-13(17-7-1-2-8-17)16-14(12)18-9-3-4-10-18/h1-10H. The first-order valence-electron chi connectivity index (χ1n) is 5.56. The number of nitriles is 1. The molecule has 0 aromatic carbocycles. The van der Waals surface area contributed by atoms with E-state index in [0.29, 0.717) is 11.4 Å². The first-order valence-corrected chi connectivity index (χ1v) is 5.56. The van der Waals surface area contributed by atoms with Gasteiger partial charge in [0.05, 0.1) is 5.56 Å². The van der Waals surface area contributed by atoms with Gasteiger partial charge < -0.3 is 9.13 Å². The van der Waals surface area contributed by atoms with Gasteiger partial charge in [-0.3, -0.25) is 0 Å². The van der Waals surface area contributed by atoms with E-state index in [1.165, 1.54) is 0 Å². The predicted octanol–water partition coefficient (Wildman–Crippen LogP) is 2.53. The van der Waals surface area contributed by atoms with Crippen LogP contribution >= 0.6 is 0 Å². The molecule has 0 aliphatic carbocycles. The number of nitrogens with zero attached hydrogens (tertiary/aromatic N) is 4. The van der Waals surface area contributed by atoms with Crippen molar-refractivity contribution in [2.24, 2.45) is 0 Å². The summed E-state index contributed by atoms with van der Waals surface area (Å²) in [6.07, 6.45) is 7.60. The minimum Gasteiger partial charge on any atom is -0.309 e. The smallest absolute Gasteiger partial charge is 0.157 e. The Labute approximate surface area is 104 Å². The molecule has 86 valence electrons. The van der Waals surface area contributed by atoms with Crippen LogP contribution in [0.25, 0.3) is 11.6 Å². The third-order valence-corrected chi connectivity index (χ3v) is 2.70. The third kappa shape index (κ3) is 1.68. The number of pyridine rings is 1. The Balaban J connectivity index is 2.17. The molecule has 0 aliphatic heterocycles. The topological polar surface area (TPSA) is 46.5 Å². The van der Waals surface area contributed by atoms with Gasteiger partial charge in [-0.25, -0.2) is 4.98 Å². The van der Waals surface area contributed by atoms with Gasteiger partial charge in [-0.15, -0.1) is 0 Å². The lowest BCUT2D eigenvalue weighted by Crippen LogP contribution is -2.03. The van der Waals surface area contributed by atoms with Gasteiger partial charge in [0.2, 0.25) is 0 Å². The molecule has 4 nitrogen and oxygen atoms in total. The molecule has 0 N–H and O–H groups in total. The van der Waals surface area contributed by atoms with Gasteiger partial charge in [0.25, 0.3) is 0 Å². The highest BCUT2D eigenvalue weighted by atomic mass is 15.1. The van der Waals surface area contributed by atoms with Gasteiger partial charge >= 0.3 is 0 Å². The molecule has 4 heteroatoms. The van der Waals surface area contributed by atoms with Gasteiger partial charge in [-0.1, -0.05) is 0 Å². The Morgan fingerprint density at radius 3 is 2.11 bits per heavy atom. The van der Waals surface area contributed by atoms with Gasteiger partial charge in [0, 0.05) is 24.8 Å². The zero-order valence-electron chi connectivity index (χ0n) is 9.56. The van der Waals surface area contributed by atoms with Crippen LogP contribution in [0.3, 0.4) is 0 Å². The van der Waals surface area contributed by atoms with E-state index in [1.807, 2.05) is 64.3 Å². The molecule has 0 saturated heterocycles. The van der Waals surface area contributed by atoms with E-state index in [-0.39, 0.29) is 0 Å². The van der Waals surface area contributed by atoms with Gasteiger partial charge in [0.1, 0.15) is 11.9 Å². The van der Waals surface area contributed by atoms with Crippen LogP contribution in [0.1, 0.15) is 5.56 Å². The van der Waals surface area contributed by atoms with E-state index >= 15 is 0 Å². The number of hydrogen-bond donors (Lipinski definition) is 0. The van der Waals surface area contributed by atoms with Crippen LogP contribution in [-0.2, 0) is 0 Å². The highest BCUT2D eigenvalue weighted by molar-refractivity contribution is 5.47. The van der Waals surface area contributed by atoms with Crippen LogP contribution in [0.5, 0.6) is 0 Å². The maximum atomic E-state index is 9.13. The highest BCUT2D eigenvalue weighted by Crippen LogP contribution is 2.15. The lowest BCUT2D eigenvalue weighted by atomic mass is 10.2. The van der Waals surface area contributed by atoms with Crippen molar-refractivity contribution in [3.05, 3.63) is 66.7 Å². The fourth-order valence-corrected chi connectivity index (χ4v) is 1.83. The fraction of sp³-hybridized carbons (Fsp3) is 0. The lowest BCUT2D eigenvalue weighted by Gasteiger charge is -2.08. The SMILES string of the molecule is N#Cc1ccc(-n2cccc2)nc1-n1cccc1. The molecule has 0 amide bonds. The monoisotopic (exact) mass is 234 g/mol. The third-order valence-electron chi connectivity index (χ3n) is 2.70. The highest BCUT2D eigenvalue weighted by Gasteiger charge is 2.07. The van der Waals surface area contributed by atoms with E-state index in [4.69, 9.17) is 5.26 Å². The van der Waals surface area contributed by atoms with Crippen molar-refractivity contribution in [1.29, 1.82) is 5.26 Å². The molecule has 3 aromatic rings. The Morgan fingerprint density at radius 2 is 1.50 bits per heavy atom. The number of aromatic nitrogens is 3. The van der Waals surface area contributed by atoms with E-state index in [1.54, 1.807) is 6.07 Å². The Bertz CT molecular complexity index is 688. The van der Waals surface area contributed by atoms with E-state index in [0.717, 1.165) is 5.82 Å². The van der Waals surface area contributed by atoms with Crippen molar-refractivity contribution in [2.75, 3.05) is 0 Å². The van der Waals surface area contributed by atoms with E-state index in [9.17, 15) is 0 Å². The summed E-state index contributed by atoms with van der Waals surface area (Å²) in [6, 6.07) is 13.5. The molecule has 18 heavy (non-hydrogen) atoms. The molecule has 0 atom stereocenters. The van der Waals surface area contributed by atoms with Crippen LogP contribution < -0.4 is 0 Å². The van der Waals surface area contributed by atoms with Crippen molar-refractivity contribution in [3.63, 3.8) is 0 Å². The van der Waals surface area contributed by atoms with Crippen molar-refractivity contribution in [3.8, 4) is 17.7 Å². The normalized spacial score (nSPS) is 10.2. The number of hydrogen-bond acceptors (Lipinski definition) is 2. The van der Waals surface area contributed by atoms with Gasteiger partial charge in [0.15, 0.2) is 5.82 Å².